The summed E-state index contributed by atoms with van der Waals surface area (Å²) in [6.45, 7) is 0.433. The highest BCUT2D eigenvalue weighted by Crippen LogP contribution is 2.32. The molecule has 2 heterocycles. The van der Waals surface area contributed by atoms with Crippen molar-refractivity contribution in [2.75, 3.05) is 11.4 Å². The molecule has 7 nitrogen and oxygen atoms in total. The minimum absolute atomic E-state index is 0.0113. The van der Waals surface area contributed by atoms with Crippen LogP contribution in [0, 0.1) is 0 Å². The van der Waals surface area contributed by atoms with Gasteiger partial charge >= 0.3 is 5.69 Å². The third kappa shape index (κ3) is 3.77. The maximum atomic E-state index is 13.2. The number of nitrogens with zero attached hydrogens (tertiary/aromatic N) is 2. The van der Waals surface area contributed by atoms with E-state index in [1.54, 1.807) is 59.5 Å². The van der Waals surface area contributed by atoms with E-state index >= 15 is 0 Å². The van der Waals surface area contributed by atoms with Crippen molar-refractivity contribution in [3.8, 4) is 11.3 Å². The third-order valence-electron chi connectivity index (χ3n) is 5.61. The van der Waals surface area contributed by atoms with E-state index in [2.05, 4.69) is 4.98 Å². The molecule has 1 aliphatic rings. The van der Waals surface area contributed by atoms with Crippen molar-refractivity contribution in [3.63, 3.8) is 0 Å². The monoisotopic (exact) mass is 479 g/mol. The normalized spacial score (nSPS) is 13.2. The van der Waals surface area contributed by atoms with Gasteiger partial charge in [0.25, 0.3) is 15.9 Å². The summed E-state index contributed by atoms with van der Waals surface area (Å²) in [5.41, 5.74) is 2.25. The first-order valence-electron chi connectivity index (χ1n) is 10.2. The summed E-state index contributed by atoms with van der Waals surface area (Å²) in [6.07, 6.45) is 1.80. The van der Waals surface area contributed by atoms with E-state index in [0.717, 1.165) is 5.56 Å². The Morgan fingerprint density at radius 3 is 2.42 bits per heavy atom. The van der Waals surface area contributed by atoms with Crippen LogP contribution in [0.3, 0.4) is 0 Å². The maximum absolute atomic E-state index is 13.2. The standard InChI is InChI=1S/C24H18ClN3O4S/c25-19-8-6-17(7-9-19)23(29)27-13-12-18-14-20(10-11-22(18)27)33(31,32)28-15-21(26-24(28)30)16-4-2-1-3-5-16/h1-11,14-15H,12-13H2,(H,26,30). The molecule has 3 aromatic carbocycles. The van der Waals surface area contributed by atoms with Crippen LogP contribution < -0.4 is 10.6 Å². The number of H-pyrrole nitrogens is 1. The summed E-state index contributed by atoms with van der Waals surface area (Å²) < 4.78 is 27.1. The first-order valence-corrected chi connectivity index (χ1v) is 12.0. The fourth-order valence-electron chi connectivity index (χ4n) is 3.93. The second-order valence-electron chi connectivity index (χ2n) is 7.64. The molecule has 33 heavy (non-hydrogen) atoms. The number of anilines is 1. The number of imidazole rings is 1. The zero-order chi connectivity index (χ0) is 23.2. The second kappa shape index (κ2) is 8.06. The first kappa shape index (κ1) is 21.2. The van der Waals surface area contributed by atoms with Gasteiger partial charge in [-0.3, -0.25) is 4.79 Å². The molecular weight excluding hydrogens is 462 g/mol. The predicted molar refractivity (Wildman–Crippen MR) is 126 cm³/mol. The Bertz CT molecular complexity index is 1520. The van der Waals surface area contributed by atoms with E-state index in [9.17, 15) is 18.0 Å². The summed E-state index contributed by atoms with van der Waals surface area (Å²) in [6, 6.07) is 20.2. The van der Waals surface area contributed by atoms with Gasteiger partial charge in [0.15, 0.2) is 0 Å². The number of aromatic nitrogens is 2. The molecule has 0 unspecified atom stereocenters. The SMILES string of the molecule is O=C(c1ccc(Cl)cc1)N1CCc2cc(S(=O)(=O)n3cc(-c4ccccc4)[nH]c3=O)ccc21. The van der Waals surface area contributed by atoms with E-state index in [1.807, 2.05) is 6.07 Å². The van der Waals surface area contributed by atoms with Crippen molar-refractivity contribution >= 4 is 33.2 Å². The molecule has 0 spiro atoms. The van der Waals surface area contributed by atoms with Crippen LogP contribution in [-0.2, 0) is 16.4 Å². The Kier molecular flexibility index (Phi) is 5.19. The highest BCUT2D eigenvalue weighted by atomic mass is 35.5. The highest BCUT2D eigenvalue weighted by Gasteiger charge is 2.28. The van der Waals surface area contributed by atoms with Crippen molar-refractivity contribution in [1.29, 1.82) is 0 Å². The smallest absolute Gasteiger partial charge is 0.308 e. The number of carbonyl (C=O) groups excluding carboxylic acids is 1. The molecule has 0 atom stereocenters. The van der Waals surface area contributed by atoms with Gasteiger partial charge in [-0.25, -0.2) is 13.2 Å². The van der Waals surface area contributed by atoms with Crippen LogP contribution in [0.2, 0.25) is 5.02 Å². The number of fused-ring (bicyclic) bond motifs is 1. The number of halogens is 1. The number of benzene rings is 3. The predicted octanol–water partition coefficient (Wildman–Crippen LogP) is 3.94. The number of aromatic amines is 1. The topological polar surface area (TPSA) is 92.2 Å². The lowest BCUT2D eigenvalue weighted by atomic mass is 10.1. The lowest BCUT2D eigenvalue weighted by Gasteiger charge is -2.17. The number of amides is 1. The number of carbonyl (C=O) groups is 1. The lowest BCUT2D eigenvalue weighted by Crippen LogP contribution is -2.28. The lowest BCUT2D eigenvalue weighted by molar-refractivity contribution is 0.0989. The largest absolute Gasteiger partial charge is 0.340 e. The Morgan fingerprint density at radius 1 is 0.970 bits per heavy atom. The molecule has 4 aromatic rings. The zero-order valence-corrected chi connectivity index (χ0v) is 18.8. The van der Waals surface area contributed by atoms with Crippen molar-refractivity contribution < 1.29 is 13.2 Å². The van der Waals surface area contributed by atoms with Gasteiger partial charge in [0.05, 0.1) is 16.8 Å². The maximum Gasteiger partial charge on any atom is 0.340 e. The van der Waals surface area contributed by atoms with Crippen molar-refractivity contribution in [1.82, 2.24) is 8.96 Å². The molecule has 0 radical (unpaired) electrons. The second-order valence-corrected chi connectivity index (χ2v) is 9.90. The molecule has 1 aromatic heterocycles. The van der Waals surface area contributed by atoms with Gasteiger partial charge in [-0.2, -0.15) is 3.97 Å². The van der Waals surface area contributed by atoms with E-state index in [4.69, 9.17) is 11.6 Å². The summed E-state index contributed by atoms with van der Waals surface area (Å²) in [5.74, 6) is -0.185. The molecule has 0 bridgehead atoms. The van der Waals surface area contributed by atoms with Crippen molar-refractivity contribution in [3.05, 3.63) is 106 Å². The number of hydrogen-bond acceptors (Lipinski definition) is 4. The molecule has 166 valence electrons. The fraction of sp³-hybridized carbons (Fsp3) is 0.0833. The van der Waals surface area contributed by atoms with E-state index < -0.39 is 15.7 Å². The summed E-state index contributed by atoms with van der Waals surface area (Å²) >= 11 is 5.91. The van der Waals surface area contributed by atoms with Gasteiger partial charge in [-0.1, -0.05) is 41.9 Å². The summed E-state index contributed by atoms with van der Waals surface area (Å²) in [5, 5.41) is 0.540. The number of nitrogens with one attached hydrogen (secondary N) is 1. The van der Waals surface area contributed by atoms with Gasteiger partial charge in [0, 0.05) is 22.8 Å². The van der Waals surface area contributed by atoms with Gasteiger partial charge in [0.2, 0.25) is 0 Å². The van der Waals surface area contributed by atoms with Crippen molar-refractivity contribution in [2.45, 2.75) is 11.3 Å². The molecule has 0 saturated carbocycles. The number of rotatable bonds is 4. The van der Waals surface area contributed by atoms with Gasteiger partial charge in [0.1, 0.15) is 0 Å². The quantitative estimate of drug-likeness (QED) is 0.480. The molecule has 0 saturated heterocycles. The van der Waals surface area contributed by atoms with Crippen LogP contribution in [0.5, 0.6) is 0 Å². The van der Waals surface area contributed by atoms with E-state index in [0.29, 0.717) is 44.5 Å². The van der Waals surface area contributed by atoms with E-state index in [-0.39, 0.29) is 10.8 Å². The molecule has 9 heteroatoms. The minimum atomic E-state index is -4.12. The number of hydrogen-bond donors (Lipinski definition) is 1. The first-order chi connectivity index (χ1) is 15.8. The average molecular weight is 480 g/mol. The Labute approximate surface area is 194 Å². The Hall–Kier alpha value is -3.62. The summed E-state index contributed by atoms with van der Waals surface area (Å²) in [4.78, 5) is 29.6. The fourth-order valence-corrected chi connectivity index (χ4v) is 5.33. The van der Waals surface area contributed by atoms with Gasteiger partial charge in [-0.15, -0.1) is 0 Å². The highest BCUT2D eigenvalue weighted by molar-refractivity contribution is 7.90. The van der Waals surface area contributed by atoms with Crippen LogP contribution in [0.15, 0.2) is 88.7 Å². The minimum Gasteiger partial charge on any atom is -0.308 e. The van der Waals surface area contributed by atoms with Gasteiger partial charge in [-0.05, 0) is 60.0 Å². The molecule has 1 N–H and O–H groups in total. The van der Waals surface area contributed by atoms with E-state index in [1.165, 1.54) is 18.3 Å². The molecule has 0 aliphatic carbocycles. The molecular formula is C24H18ClN3O4S. The van der Waals surface area contributed by atoms with Crippen LogP contribution >= 0.6 is 11.6 Å². The average Bonchev–Trinajstić information content (AvgIpc) is 3.43. The Balaban J connectivity index is 1.47. The summed E-state index contributed by atoms with van der Waals surface area (Å²) in [7, 11) is -4.12. The zero-order valence-electron chi connectivity index (χ0n) is 17.2. The molecule has 0 fully saturated rings. The van der Waals surface area contributed by atoms with Gasteiger partial charge < -0.3 is 9.88 Å². The molecule has 1 amide bonds. The van der Waals surface area contributed by atoms with Crippen LogP contribution in [-0.4, -0.2) is 29.8 Å². The van der Waals surface area contributed by atoms with Crippen LogP contribution in [0.1, 0.15) is 15.9 Å². The molecule has 5 rings (SSSR count). The Morgan fingerprint density at radius 2 is 1.70 bits per heavy atom. The van der Waals surface area contributed by atoms with Crippen LogP contribution in [0.25, 0.3) is 11.3 Å². The van der Waals surface area contributed by atoms with Crippen LogP contribution in [0.4, 0.5) is 5.69 Å². The van der Waals surface area contributed by atoms with Crippen molar-refractivity contribution in [2.24, 2.45) is 0 Å². The third-order valence-corrected chi connectivity index (χ3v) is 7.50. The molecule has 1 aliphatic heterocycles.